The van der Waals surface area contributed by atoms with Crippen molar-refractivity contribution in [2.75, 3.05) is 0 Å². The predicted molar refractivity (Wildman–Crippen MR) is 105 cm³/mol. The van der Waals surface area contributed by atoms with E-state index in [1.54, 1.807) is 0 Å². The molecule has 6 nitrogen and oxygen atoms in total. The maximum Gasteiger partial charge on any atom is 0.335 e. The van der Waals surface area contributed by atoms with Gasteiger partial charge in [-0.15, -0.1) is 0 Å². The smallest absolute Gasteiger partial charge is 0.335 e. The highest BCUT2D eigenvalue weighted by molar-refractivity contribution is 9.10. The quantitative estimate of drug-likeness (QED) is 0.575. The number of aromatic carboxylic acids is 1. The highest BCUT2D eigenvalue weighted by atomic mass is 79.9. The average molecular weight is 486 g/mol. The molecule has 0 spiro atoms. The van der Waals surface area contributed by atoms with Crippen molar-refractivity contribution in [3.63, 3.8) is 0 Å². The lowest BCUT2D eigenvalue weighted by molar-refractivity contribution is 0.0697. The third-order valence-corrected chi connectivity index (χ3v) is 4.98. The minimum Gasteiger partial charge on any atom is -0.478 e. The molecule has 2 aromatic carbocycles. The van der Waals surface area contributed by atoms with Gasteiger partial charge < -0.3 is 9.84 Å². The molecule has 0 aliphatic rings. The van der Waals surface area contributed by atoms with Gasteiger partial charge in [-0.2, -0.15) is 4.98 Å². The Hall–Kier alpha value is -2.78. The van der Waals surface area contributed by atoms with Crippen molar-refractivity contribution in [3.8, 4) is 11.6 Å². The van der Waals surface area contributed by atoms with Crippen LogP contribution in [0.1, 0.15) is 21.7 Å². The molecule has 3 rings (SSSR count). The summed E-state index contributed by atoms with van der Waals surface area (Å²) in [7, 11) is 0. The third kappa shape index (κ3) is 4.30. The second-order valence-electron chi connectivity index (χ2n) is 5.91. The second-order valence-corrected chi connectivity index (χ2v) is 7.11. The summed E-state index contributed by atoms with van der Waals surface area (Å²) in [4.78, 5) is 28.2. The lowest BCUT2D eigenvalue weighted by Gasteiger charge is -2.15. The summed E-state index contributed by atoms with van der Waals surface area (Å²) >= 11 is 9.25. The molecule has 0 amide bonds. The van der Waals surface area contributed by atoms with Crippen molar-refractivity contribution >= 4 is 33.5 Å². The monoisotopic (exact) mass is 484 g/mol. The molecule has 0 aliphatic heterocycles. The van der Waals surface area contributed by atoms with Crippen molar-refractivity contribution in [3.05, 3.63) is 84.8 Å². The van der Waals surface area contributed by atoms with E-state index in [9.17, 15) is 23.5 Å². The van der Waals surface area contributed by atoms with E-state index in [0.717, 1.165) is 16.7 Å². The lowest BCUT2D eigenvalue weighted by Crippen LogP contribution is -2.24. The number of hydrogen-bond donors (Lipinski definition) is 1. The van der Waals surface area contributed by atoms with Crippen LogP contribution in [0.5, 0.6) is 5.88 Å². The Morgan fingerprint density at radius 2 is 2.00 bits per heavy atom. The zero-order chi connectivity index (χ0) is 21.3. The van der Waals surface area contributed by atoms with Crippen molar-refractivity contribution in [1.29, 1.82) is 0 Å². The summed E-state index contributed by atoms with van der Waals surface area (Å²) in [5.74, 6) is -2.62. The Balaban J connectivity index is 2.00. The van der Waals surface area contributed by atoms with Crippen LogP contribution >= 0.6 is 27.5 Å². The first-order valence-electron chi connectivity index (χ1n) is 8.08. The minimum atomic E-state index is -1.18. The Kier molecular flexibility index (Phi) is 5.99. The summed E-state index contributed by atoms with van der Waals surface area (Å²) in [6, 6.07) is 6.96. The normalized spacial score (nSPS) is 10.8. The molecule has 3 aromatic rings. The van der Waals surface area contributed by atoms with Crippen LogP contribution in [0.3, 0.4) is 0 Å². The van der Waals surface area contributed by atoms with Crippen molar-refractivity contribution in [2.24, 2.45) is 0 Å². The Bertz CT molecular complexity index is 1180. The predicted octanol–water partition coefficient (Wildman–Crippen LogP) is 4.51. The van der Waals surface area contributed by atoms with E-state index in [4.69, 9.17) is 16.3 Å². The van der Waals surface area contributed by atoms with Crippen molar-refractivity contribution in [1.82, 2.24) is 9.55 Å². The molecule has 0 unspecified atom stereocenters. The number of ether oxygens (including phenoxy) is 1. The van der Waals surface area contributed by atoms with Crippen LogP contribution in [0.2, 0.25) is 5.02 Å². The molecular weight excluding hydrogens is 474 g/mol. The zero-order valence-electron chi connectivity index (χ0n) is 14.7. The number of aryl methyl sites for hydroxylation is 1. The molecule has 0 bridgehead atoms. The Labute approximate surface area is 176 Å². The van der Waals surface area contributed by atoms with Crippen LogP contribution in [0.4, 0.5) is 8.78 Å². The minimum absolute atomic E-state index is 0.0565. The van der Waals surface area contributed by atoms with Gasteiger partial charge in [-0.3, -0.25) is 9.36 Å². The van der Waals surface area contributed by atoms with Crippen LogP contribution in [0.25, 0.3) is 5.69 Å². The van der Waals surface area contributed by atoms with Gasteiger partial charge in [0.25, 0.3) is 5.56 Å². The molecule has 0 fully saturated rings. The lowest BCUT2D eigenvalue weighted by atomic mass is 10.2. The van der Waals surface area contributed by atoms with Gasteiger partial charge in [-0.05, 0) is 53.2 Å². The number of hydrogen-bond acceptors (Lipinski definition) is 4. The van der Waals surface area contributed by atoms with Crippen molar-refractivity contribution < 1.29 is 23.4 Å². The summed E-state index contributed by atoms with van der Waals surface area (Å²) in [5.41, 5.74) is -0.437. The third-order valence-electron chi connectivity index (χ3n) is 3.98. The van der Waals surface area contributed by atoms with Gasteiger partial charge in [0.05, 0.1) is 16.3 Å². The highest BCUT2D eigenvalue weighted by Crippen LogP contribution is 2.26. The first-order chi connectivity index (χ1) is 13.7. The van der Waals surface area contributed by atoms with Crippen LogP contribution in [-0.4, -0.2) is 20.6 Å². The van der Waals surface area contributed by atoms with Crippen LogP contribution in [-0.2, 0) is 6.61 Å². The zero-order valence-corrected chi connectivity index (χ0v) is 17.1. The number of carbonyl (C=O) groups is 1. The standard InChI is InChI=1S/C19H12BrClF2N2O4/c1-9-24-17(29-8-11-2-4-12(22)7-14(11)23)16(20)18(26)25(9)15-6-10(19(27)28)3-5-13(15)21/h2-7H,8H2,1H3,(H,27,28). The van der Waals surface area contributed by atoms with E-state index in [0.29, 0.717) is 0 Å². The van der Waals surface area contributed by atoms with E-state index in [-0.39, 0.29) is 44.6 Å². The summed E-state index contributed by atoms with van der Waals surface area (Å²) in [6.07, 6.45) is 0. The number of rotatable bonds is 5. The average Bonchev–Trinajstić information content (AvgIpc) is 2.66. The van der Waals surface area contributed by atoms with Gasteiger partial charge in [0.2, 0.25) is 5.88 Å². The molecule has 0 saturated heterocycles. The van der Waals surface area contributed by atoms with Crippen LogP contribution in [0.15, 0.2) is 45.7 Å². The molecule has 1 N–H and O–H groups in total. The second kappa shape index (κ2) is 8.30. The van der Waals surface area contributed by atoms with Gasteiger partial charge in [-0.1, -0.05) is 11.6 Å². The fourth-order valence-corrected chi connectivity index (χ4v) is 3.15. The number of halogens is 4. The maximum atomic E-state index is 13.8. The molecule has 1 aromatic heterocycles. The molecule has 10 heteroatoms. The van der Waals surface area contributed by atoms with Crippen molar-refractivity contribution in [2.45, 2.75) is 13.5 Å². The largest absolute Gasteiger partial charge is 0.478 e. The Morgan fingerprint density at radius 3 is 2.66 bits per heavy atom. The number of benzene rings is 2. The SMILES string of the molecule is Cc1nc(OCc2ccc(F)cc2F)c(Br)c(=O)n1-c1cc(C(=O)O)ccc1Cl. The number of aromatic nitrogens is 2. The molecular formula is C19H12BrClF2N2O4. The first-order valence-corrected chi connectivity index (χ1v) is 9.25. The van der Waals surface area contributed by atoms with E-state index in [1.165, 1.54) is 31.2 Å². The van der Waals surface area contributed by atoms with Crippen LogP contribution < -0.4 is 10.3 Å². The molecule has 0 aliphatic carbocycles. The van der Waals surface area contributed by atoms with Gasteiger partial charge in [-0.25, -0.2) is 13.6 Å². The molecule has 150 valence electrons. The first kappa shape index (κ1) is 20.9. The van der Waals surface area contributed by atoms with E-state index in [1.807, 2.05) is 0 Å². The van der Waals surface area contributed by atoms with Gasteiger partial charge >= 0.3 is 5.97 Å². The fraction of sp³-hybridized carbons (Fsp3) is 0.105. The van der Waals surface area contributed by atoms with E-state index >= 15 is 0 Å². The highest BCUT2D eigenvalue weighted by Gasteiger charge is 2.18. The number of nitrogens with zero attached hydrogens (tertiary/aromatic N) is 2. The topological polar surface area (TPSA) is 81.4 Å². The maximum absolute atomic E-state index is 13.8. The molecule has 29 heavy (non-hydrogen) atoms. The van der Waals surface area contributed by atoms with Crippen LogP contribution in [0, 0.1) is 18.6 Å². The van der Waals surface area contributed by atoms with Gasteiger partial charge in [0.1, 0.15) is 28.5 Å². The van der Waals surface area contributed by atoms with E-state index in [2.05, 4.69) is 20.9 Å². The van der Waals surface area contributed by atoms with Gasteiger partial charge in [0, 0.05) is 11.6 Å². The van der Waals surface area contributed by atoms with Gasteiger partial charge in [0.15, 0.2) is 0 Å². The summed E-state index contributed by atoms with van der Waals surface area (Å²) < 4.78 is 33.3. The fourth-order valence-electron chi connectivity index (χ4n) is 2.56. The molecule has 0 radical (unpaired) electrons. The Morgan fingerprint density at radius 1 is 1.28 bits per heavy atom. The molecule has 1 heterocycles. The van der Waals surface area contributed by atoms with E-state index < -0.39 is 23.2 Å². The number of carboxylic acids is 1. The molecule has 0 saturated carbocycles. The summed E-state index contributed by atoms with van der Waals surface area (Å²) in [6.45, 7) is 1.22. The number of carboxylic acid groups (broad SMARTS) is 1. The summed E-state index contributed by atoms with van der Waals surface area (Å²) in [5, 5.41) is 9.32. The molecule has 0 atom stereocenters.